The van der Waals surface area contributed by atoms with Crippen molar-refractivity contribution in [3.63, 3.8) is 0 Å². The van der Waals surface area contributed by atoms with Crippen LogP contribution in [0.2, 0.25) is 5.02 Å². The molecule has 0 fully saturated rings. The molecule has 0 radical (unpaired) electrons. The van der Waals surface area contributed by atoms with Gasteiger partial charge in [-0.25, -0.2) is 5.43 Å². The number of carbonyl (C=O) groups excluding carboxylic acids is 2. The zero-order valence-corrected chi connectivity index (χ0v) is 14.7. The van der Waals surface area contributed by atoms with Crippen LogP contribution in [0, 0.1) is 0 Å². The van der Waals surface area contributed by atoms with E-state index < -0.39 is 11.8 Å². The molecule has 0 spiro atoms. The Kier molecular flexibility index (Phi) is 7.39. The lowest BCUT2D eigenvalue weighted by molar-refractivity contribution is -0.139. The summed E-state index contributed by atoms with van der Waals surface area (Å²) in [7, 11) is 0. The topological polar surface area (TPSA) is 79.8 Å². The van der Waals surface area contributed by atoms with Crippen molar-refractivity contribution in [2.45, 2.75) is 6.61 Å². The molecule has 0 aliphatic carbocycles. The second kappa shape index (κ2) is 10.0. The molecule has 0 aliphatic rings. The van der Waals surface area contributed by atoms with Crippen molar-refractivity contribution in [2.75, 3.05) is 6.54 Å². The van der Waals surface area contributed by atoms with Crippen LogP contribution < -0.4 is 15.5 Å². The Labute approximate surface area is 156 Å². The largest absolute Gasteiger partial charge is 0.488 e. The smallest absolute Gasteiger partial charge is 0.329 e. The average Bonchev–Trinajstić information content (AvgIpc) is 2.66. The second-order valence-corrected chi connectivity index (χ2v) is 5.52. The summed E-state index contributed by atoms with van der Waals surface area (Å²) in [6, 6.07) is 14.6. The van der Waals surface area contributed by atoms with Crippen LogP contribution in [0.15, 0.2) is 66.3 Å². The molecule has 0 unspecified atom stereocenters. The number of para-hydroxylation sites is 1. The summed E-state index contributed by atoms with van der Waals surface area (Å²) < 4.78 is 5.78. The number of benzene rings is 2. The summed E-state index contributed by atoms with van der Waals surface area (Å²) in [4.78, 5) is 23.0. The van der Waals surface area contributed by atoms with Gasteiger partial charge < -0.3 is 10.1 Å². The molecular weight excluding hydrogens is 354 g/mol. The third-order valence-corrected chi connectivity index (χ3v) is 3.61. The molecule has 7 heteroatoms. The molecule has 26 heavy (non-hydrogen) atoms. The number of amides is 2. The lowest BCUT2D eigenvalue weighted by Crippen LogP contribution is -2.37. The molecule has 0 aliphatic heterocycles. The summed E-state index contributed by atoms with van der Waals surface area (Å²) in [5.41, 5.74) is 3.66. The fraction of sp³-hybridized carbons (Fsp3) is 0.105. The minimum atomic E-state index is -0.863. The maximum absolute atomic E-state index is 11.6. The van der Waals surface area contributed by atoms with Gasteiger partial charge in [-0.3, -0.25) is 9.59 Å². The number of rotatable bonds is 7. The van der Waals surface area contributed by atoms with Gasteiger partial charge in [0.25, 0.3) is 0 Å². The predicted molar refractivity (Wildman–Crippen MR) is 101 cm³/mol. The highest BCUT2D eigenvalue weighted by Crippen LogP contribution is 2.20. The first kappa shape index (κ1) is 19.2. The molecule has 0 aromatic heterocycles. The first-order chi connectivity index (χ1) is 12.6. The highest BCUT2D eigenvalue weighted by molar-refractivity contribution is 6.35. The van der Waals surface area contributed by atoms with Crippen LogP contribution in [0.1, 0.15) is 11.1 Å². The van der Waals surface area contributed by atoms with Gasteiger partial charge in [-0.2, -0.15) is 5.10 Å². The first-order valence-electron chi connectivity index (χ1n) is 7.79. The van der Waals surface area contributed by atoms with E-state index >= 15 is 0 Å². The molecule has 6 nitrogen and oxygen atoms in total. The monoisotopic (exact) mass is 371 g/mol. The lowest BCUT2D eigenvalue weighted by Gasteiger charge is -2.10. The van der Waals surface area contributed by atoms with Crippen molar-refractivity contribution in [3.05, 3.63) is 77.3 Å². The number of nitrogens with zero attached hydrogens (tertiary/aromatic N) is 1. The van der Waals surface area contributed by atoms with Gasteiger partial charge in [-0.05, 0) is 18.2 Å². The molecule has 2 aromatic carbocycles. The van der Waals surface area contributed by atoms with Crippen molar-refractivity contribution in [1.82, 2.24) is 10.7 Å². The first-order valence-corrected chi connectivity index (χ1v) is 8.17. The van der Waals surface area contributed by atoms with E-state index in [9.17, 15) is 9.59 Å². The highest BCUT2D eigenvalue weighted by Gasteiger charge is 2.10. The van der Waals surface area contributed by atoms with Crippen LogP contribution in [0.25, 0.3) is 0 Å². The minimum Gasteiger partial charge on any atom is -0.488 e. The fourth-order valence-corrected chi connectivity index (χ4v) is 2.14. The molecule has 2 amide bonds. The summed E-state index contributed by atoms with van der Waals surface area (Å²) >= 11 is 6.12. The van der Waals surface area contributed by atoms with E-state index in [1.165, 1.54) is 12.3 Å². The quantitative estimate of drug-likeness (QED) is 0.340. The summed E-state index contributed by atoms with van der Waals surface area (Å²) in [6.45, 7) is 3.95. The van der Waals surface area contributed by atoms with Gasteiger partial charge in [0, 0.05) is 22.7 Å². The summed E-state index contributed by atoms with van der Waals surface area (Å²) in [5, 5.41) is 6.76. The number of halogens is 1. The maximum atomic E-state index is 11.6. The van der Waals surface area contributed by atoms with Gasteiger partial charge in [0.05, 0.1) is 6.21 Å². The van der Waals surface area contributed by atoms with Crippen LogP contribution >= 0.6 is 11.6 Å². The van der Waals surface area contributed by atoms with Crippen molar-refractivity contribution < 1.29 is 14.3 Å². The van der Waals surface area contributed by atoms with E-state index in [2.05, 4.69) is 22.4 Å². The van der Waals surface area contributed by atoms with E-state index in [-0.39, 0.29) is 6.54 Å². The van der Waals surface area contributed by atoms with Crippen molar-refractivity contribution in [2.24, 2.45) is 5.10 Å². The van der Waals surface area contributed by atoms with Crippen LogP contribution in [-0.2, 0) is 16.2 Å². The molecule has 0 atom stereocenters. The molecule has 2 rings (SSSR count). The maximum Gasteiger partial charge on any atom is 0.329 e. The molecule has 0 bridgehead atoms. The molecular formula is C19H18ClN3O3. The number of hydrogen-bond donors (Lipinski definition) is 2. The van der Waals surface area contributed by atoms with Gasteiger partial charge in [0.1, 0.15) is 12.4 Å². The molecule has 2 aromatic rings. The van der Waals surface area contributed by atoms with E-state index in [1.54, 1.807) is 18.2 Å². The SMILES string of the molecule is C=CCNC(=O)C(=O)N/N=C\c1ccccc1OCc1ccccc1Cl. The zero-order valence-electron chi connectivity index (χ0n) is 13.9. The highest BCUT2D eigenvalue weighted by atomic mass is 35.5. The lowest BCUT2D eigenvalue weighted by atomic mass is 10.2. The van der Waals surface area contributed by atoms with Crippen LogP contribution in [0.3, 0.4) is 0 Å². The predicted octanol–water partition coefficient (Wildman–Crippen LogP) is 2.67. The number of carbonyl (C=O) groups is 2. The van der Waals surface area contributed by atoms with E-state index in [4.69, 9.17) is 16.3 Å². The average molecular weight is 372 g/mol. The summed E-state index contributed by atoms with van der Waals surface area (Å²) in [6.07, 6.45) is 2.88. The Bertz CT molecular complexity index is 821. The van der Waals surface area contributed by atoms with Gasteiger partial charge in [-0.1, -0.05) is 48.0 Å². The normalized spacial score (nSPS) is 10.3. The van der Waals surface area contributed by atoms with Gasteiger partial charge in [-0.15, -0.1) is 6.58 Å². The third kappa shape index (κ3) is 5.75. The zero-order chi connectivity index (χ0) is 18.8. The Balaban J connectivity index is 1.98. The van der Waals surface area contributed by atoms with Gasteiger partial charge in [0.2, 0.25) is 0 Å². The van der Waals surface area contributed by atoms with Crippen molar-refractivity contribution in [3.8, 4) is 5.75 Å². The van der Waals surface area contributed by atoms with Gasteiger partial charge in [0.15, 0.2) is 0 Å². The van der Waals surface area contributed by atoms with E-state index in [0.29, 0.717) is 22.9 Å². The number of ether oxygens (including phenoxy) is 1. The third-order valence-electron chi connectivity index (χ3n) is 3.24. The number of hydrazone groups is 1. The molecule has 134 valence electrons. The van der Waals surface area contributed by atoms with E-state index in [1.807, 2.05) is 30.3 Å². The molecule has 0 saturated carbocycles. The standard InChI is InChI=1S/C19H18ClN3O3/c1-2-11-21-18(24)19(25)23-22-12-14-7-4-6-10-17(14)26-13-15-8-3-5-9-16(15)20/h2-10,12H,1,11,13H2,(H,21,24)(H,23,25)/b22-12-. The Morgan fingerprint density at radius 3 is 2.62 bits per heavy atom. The second-order valence-electron chi connectivity index (χ2n) is 5.12. The Morgan fingerprint density at radius 2 is 1.85 bits per heavy atom. The Morgan fingerprint density at radius 1 is 1.12 bits per heavy atom. The minimum absolute atomic E-state index is 0.203. The number of nitrogens with one attached hydrogen (secondary N) is 2. The fourth-order valence-electron chi connectivity index (χ4n) is 1.95. The van der Waals surface area contributed by atoms with Gasteiger partial charge >= 0.3 is 11.8 Å². The van der Waals surface area contributed by atoms with Crippen molar-refractivity contribution >= 4 is 29.6 Å². The van der Waals surface area contributed by atoms with E-state index in [0.717, 1.165) is 5.56 Å². The molecule has 0 saturated heterocycles. The van der Waals surface area contributed by atoms with Crippen LogP contribution in [0.4, 0.5) is 0 Å². The Hall–Kier alpha value is -3.12. The molecule has 2 N–H and O–H groups in total. The van der Waals surface area contributed by atoms with Crippen molar-refractivity contribution in [1.29, 1.82) is 0 Å². The van der Waals surface area contributed by atoms with Crippen LogP contribution in [0.5, 0.6) is 5.75 Å². The number of hydrogen-bond acceptors (Lipinski definition) is 4. The summed E-state index contributed by atoms with van der Waals surface area (Å²) in [5.74, 6) is -1.08. The van der Waals surface area contributed by atoms with Crippen LogP contribution in [-0.4, -0.2) is 24.6 Å². The molecule has 0 heterocycles.